The van der Waals surface area contributed by atoms with Gasteiger partial charge >= 0.3 is 0 Å². The molecule has 0 saturated heterocycles. The molecule has 24 heavy (non-hydrogen) atoms. The van der Waals surface area contributed by atoms with Gasteiger partial charge in [-0.15, -0.1) is 0 Å². The zero-order valence-electron chi connectivity index (χ0n) is 14.1. The van der Waals surface area contributed by atoms with Gasteiger partial charge in [0, 0.05) is 15.7 Å². The highest BCUT2D eigenvalue weighted by Crippen LogP contribution is 2.27. The van der Waals surface area contributed by atoms with Gasteiger partial charge in [0.15, 0.2) is 18.0 Å². The normalized spacial score (nSPS) is 11.7. The summed E-state index contributed by atoms with van der Waals surface area (Å²) < 4.78 is 11.5. The van der Waals surface area contributed by atoms with Crippen molar-refractivity contribution < 1.29 is 19.2 Å². The van der Waals surface area contributed by atoms with Crippen molar-refractivity contribution in [2.75, 3.05) is 33.1 Å². The predicted octanol–water partition coefficient (Wildman–Crippen LogP) is 2.12. The lowest BCUT2D eigenvalue weighted by molar-refractivity contribution is -0.885. The zero-order valence-corrected chi connectivity index (χ0v) is 15.6. The third-order valence-corrected chi connectivity index (χ3v) is 4.02. The molecule has 5 nitrogen and oxygen atoms in total. The van der Waals surface area contributed by atoms with E-state index in [-0.39, 0.29) is 5.91 Å². The van der Waals surface area contributed by atoms with Crippen LogP contribution < -0.4 is 19.7 Å². The number of hydrogen-bond acceptors (Lipinski definition) is 3. The monoisotopic (exact) mass is 393 g/mol. The highest BCUT2D eigenvalue weighted by Gasteiger charge is 2.13. The van der Waals surface area contributed by atoms with Gasteiger partial charge < -0.3 is 19.7 Å². The van der Waals surface area contributed by atoms with Crippen molar-refractivity contribution in [3.8, 4) is 11.5 Å². The Hall–Kier alpha value is -2.05. The Morgan fingerprint density at radius 3 is 2.54 bits per heavy atom. The lowest BCUT2D eigenvalue weighted by atomic mass is 10.2. The summed E-state index contributed by atoms with van der Waals surface area (Å²) in [5.41, 5.74) is 1.87. The minimum atomic E-state index is -0.0222. The van der Waals surface area contributed by atoms with Crippen molar-refractivity contribution >= 4 is 27.5 Å². The number of amides is 1. The van der Waals surface area contributed by atoms with Crippen LogP contribution in [0.1, 0.15) is 5.56 Å². The number of rotatable bonds is 7. The first-order valence-electron chi connectivity index (χ1n) is 7.59. The van der Waals surface area contributed by atoms with Gasteiger partial charge in [-0.1, -0.05) is 22.0 Å². The van der Waals surface area contributed by atoms with E-state index in [0.29, 0.717) is 24.6 Å². The second kappa shape index (κ2) is 8.70. The molecule has 128 valence electrons. The Morgan fingerprint density at radius 2 is 1.88 bits per heavy atom. The van der Waals surface area contributed by atoms with E-state index in [2.05, 4.69) is 21.2 Å². The Kier molecular flexibility index (Phi) is 6.63. The summed E-state index contributed by atoms with van der Waals surface area (Å²) in [6, 6.07) is 13.4. The summed E-state index contributed by atoms with van der Waals surface area (Å²) in [6.07, 6.45) is 0. The lowest BCUT2D eigenvalue weighted by Gasteiger charge is -2.15. The van der Waals surface area contributed by atoms with Crippen LogP contribution in [0.4, 0.5) is 5.69 Å². The molecule has 0 heterocycles. The van der Waals surface area contributed by atoms with Crippen molar-refractivity contribution in [1.29, 1.82) is 0 Å². The number of hydrogen-bond donors (Lipinski definition) is 2. The molecule has 2 aromatic rings. The molecule has 2 N–H and O–H groups in total. The van der Waals surface area contributed by atoms with Gasteiger partial charge in [-0.3, -0.25) is 4.79 Å². The molecule has 0 aromatic heterocycles. The molecule has 0 aliphatic heterocycles. The predicted molar refractivity (Wildman–Crippen MR) is 97.8 cm³/mol. The minimum absolute atomic E-state index is 0.0222. The quantitative estimate of drug-likeness (QED) is 0.757. The number of likely N-dealkylation sites (N-methyl/N-ethyl adjacent to an activating group) is 1. The van der Waals surface area contributed by atoms with Gasteiger partial charge in [0.05, 0.1) is 21.3 Å². The largest absolute Gasteiger partial charge is 0.493 e. The molecule has 0 fully saturated rings. The van der Waals surface area contributed by atoms with Crippen LogP contribution in [-0.4, -0.2) is 33.7 Å². The first-order valence-corrected chi connectivity index (χ1v) is 8.38. The van der Waals surface area contributed by atoms with Crippen LogP contribution in [0.5, 0.6) is 11.5 Å². The molecular formula is C18H22BrN2O3+. The number of halogens is 1. The van der Waals surface area contributed by atoms with E-state index < -0.39 is 0 Å². The molecule has 2 rings (SSSR count). The van der Waals surface area contributed by atoms with Crippen LogP contribution >= 0.6 is 15.9 Å². The number of benzene rings is 2. The number of carbonyl (C=O) groups excluding carboxylic acids is 1. The average molecular weight is 394 g/mol. The molecular weight excluding hydrogens is 372 g/mol. The summed E-state index contributed by atoms with van der Waals surface area (Å²) in [4.78, 5) is 13.2. The number of methoxy groups -OCH3 is 2. The van der Waals surface area contributed by atoms with Crippen LogP contribution in [0.2, 0.25) is 0 Å². The van der Waals surface area contributed by atoms with E-state index >= 15 is 0 Å². The SMILES string of the molecule is COc1ccc(C[NH+](C)CC(=O)Nc2cccc(Br)c2)cc1OC. The molecule has 0 spiro atoms. The number of nitrogens with one attached hydrogen (secondary N) is 2. The van der Waals surface area contributed by atoms with Gasteiger partial charge in [-0.05, 0) is 36.4 Å². The van der Waals surface area contributed by atoms with E-state index in [1.54, 1.807) is 14.2 Å². The van der Waals surface area contributed by atoms with Crippen molar-refractivity contribution in [2.45, 2.75) is 6.54 Å². The van der Waals surface area contributed by atoms with E-state index in [1.165, 1.54) is 0 Å². The molecule has 1 amide bonds. The number of carbonyl (C=O) groups is 1. The van der Waals surface area contributed by atoms with Crippen molar-refractivity contribution in [1.82, 2.24) is 0 Å². The summed E-state index contributed by atoms with van der Waals surface area (Å²) in [6.45, 7) is 1.09. The summed E-state index contributed by atoms with van der Waals surface area (Å²) in [5.74, 6) is 1.37. The molecule has 0 aliphatic rings. The third-order valence-electron chi connectivity index (χ3n) is 3.52. The first kappa shape index (κ1) is 18.3. The Morgan fingerprint density at radius 1 is 1.12 bits per heavy atom. The lowest BCUT2D eigenvalue weighted by Crippen LogP contribution is -3.08. The highest BCUT2D eigenvalue weighted by molar-refractivity contribution is 9.10. The first-order chi connectivity index (χ1) is 11.5. The highest BCUT2D eigenvalue weighted by atomic mass is 79.9. The maximum absolute atomic E-state index is 12.2. The van der Waals surface area contributed by atoms with Crippen LogP contribution in [0.3, 0.4) is 0 Å². The maximum Gasteiger partial charge on any atom is 0.279 e. The summed E-state index contributed by atoms with van der Waals surface area (Å²) in [7, 11) is 5.21. The summed E-state index contributed by atoms with van der Waals surface area (Å²) in [5, 5.41) is 2.91. The minimum Gasteiger partial charge on any atom is -0.493 e. The Labute approximate surface area is 150 Å². The standard InChI is InChI=1S/C18H21BrN2O3/c1-21(11-13-7-8-16(23-2)17(9-13)24-3)12-18(22)20-15-6-4-5-14(19)10-15/h4-10H,11-12H2,1-3H3,(H,20,22)/p+1. The fraction of sp³-hybridized carbons (Fsp3) is 0.278. The van der Waals surface area contributed by atoms with Gasteiger partial charge in [0.1, 0.15) is 6.54 Å². The van der Waals surface area contributed by atoms with Crippen molar-refractivity contribution in [3.05, 3.63) is 52.5 Å². The summed E-state index contributed by atoms with van der Waals surface area (Å²) >= 11 is 3.39. The molecule has 0 saturated carbocycles. The second-order valence-corrected chi connectivity index (χ2v) is 6.47. The smallest absolute Gasteiger partial charge is 0.279 e. The molecule has 1 atom stereocenters. The van der Waals surface area contributed by atoms with E-state index in [9.17, 15) is 4.79 Å². The number of ether oxygens (including phenoxy) is 2. The number of quaternary nitrogens is 1. The van der Waals surface area contributed by atoms with Crippen LogP contribution in [-0.2, 0) is 11.3 Å². The Bertz CT molecular complexity index is 706. The van der Waals surface area contributed by atoms with E-state index in [4.69, 9.17) is 9.47 Å². The third kappa shape index (κ3) is 5.25. The molecule has 2 aromatic carbocycles. The fourth-order valence-electron chi connectivity index (χ4n) is 2.45. The zero-order chi connectivity index (χ0) is 17.5. The Balaban J connectivity index is 1.92. The van der Waals surface area contributed by atoms with E-state index in [1.807, 2.05) is 49.5 Å². The van der Waals surface area contributed by atoms with Crippen LogP contribution in [0.15, 0.2) is 46.9 Å². The molecule has 0 radical (unpaired) electrons. The van der Waals surface area contributed by atoms with Crippen molar-refractivity contribution in [3.63, 3.8) is 0 Å². The molecule has 6 heteroatoms. The van der Waals surface area contributed by atoms with Gasteiger partial charge in [-0.2, -0.15) is 0 Å². The molecule has 0 bridgehead atoms. The van der Waals surface area contributed by atoms with Crippen LogP contribution in [0.25, 0.3) is 0 Å². The molecule has 1 unspecified atom stereocenters. The maximum atomic E-state index is 12.2. The fourth-order valence-corrected chi connectivity index (χ4v) is 2.85. The van der Waals surface area contributed by atoms with Crippen LogP contribution in [0, 0.1) is 0 Å². The number of anilines is 1. The molecule has 0 aliphatic carbocycles. The van der Waals surface area contributed by atoms with Gasteiger partial charge in [0.2, 0.25) is 0 Å². The van der Waals surface area contributed by atoms with Crippen molar-refractivity contribution in [2.24, 2.45) is 0 Å². The van der Waals surface area contributed by atoms with E-state index in [0.717, 1.165) is 20.6 Å². The average Bonchev–Trinajstić information content (AvgIpc) is 2.54. The van der Waals surface area contributed by atoms with Gasteiger partial charge in [-0.25, -0.2) is 0 Å². The van der Waals surface area contributed by atoms with Gasteiger partial charge in [0.25, 0.3) is 5.91 Å². The topological polar surface area (TPSA) is 52.0 Å². The second-order valence-electron chi connectivity index (χ2n) is 5.56.